The molecule has 2 bridgehead atoms. The standard InChI is InChI=1S/C33H39NO9S/c1-20-5-15-27-21(2)30(40-31-33(27)26(20)17-18-32(3,41-31)42-43-33)34-29(36)19-39-24-11-9-23(10-12-24)28(35)16-8-22-6-13-25(14-7-22)44(4,37)38/h6-14,16,20-21,26-27,30-31H,5,15,17-19H2,1-4H3,(H,34,36)/b16-8+/t20-,21-,26+,27+,30-,31-,32+,33-/m1/s1. The van der Waals surface area contributed by atoms with Crippen LogP contribution in [0.2, 0.25) is 0 Å². The van der Waals surface area contributed by atoms with Gasteiger partial charge < -0.3 is 19.5 Å². The molecule has 11 heteroatoms. The van der Waals surface area contributed by atoms with Gasteiger partial charge in [-0.3, -0.25) is 9.59 Å². The van der Waals surface area contributed by atoms with E-state index in [-0.39, 0.29) is 40.9 Å². The second-order valence-corrected chi connectivity index (χ2v) is 14.8. The highest BCUT2D eigenvalue weighted by molar-refractivity contribution is 7.90. The van der Waals surface area contributed by atoms with Gasteiger partial charge in [0.25, 0.3) is 5.91 Å². The van der Waals surface area contributed by atoms with Crippen molar-refractivity contribution in [1.82, 2.24) is 5.32 Å². The molecule has 8 atom stereocenters. The van der Waals surface area contributed by atoms with Gasteiger partial charge in [-0.2, -0.15) is 0 Å². The SMILES string of the molecule is C[C@H]1[C@H](NC(=O)COc2ccc(C(=O)/C=C/c3ccc(S(C)(=O)=O)cc3)cc2)O[C@@H]2O[C@]3(C)CC[C@H]4[C@H](C)CC[C@@H]1[C@@]24OO3. The fourth-order valence-corrected chi connectivity index (χ4v) is 7.86. The van der Waals surface area contributed by atoms with E-state index in [1.54, 1.807) is 42.5 Å². The van der Waals surface area contributed by atoms with Crippen molar-refractivity contribution >= 4 is 27.6 Å². The van der Waals surface area contributed by atoms with Crippen LogP contribution in [0.25, 0.3) is 6.08 Å². The number of fused-ring (bicyclic) bond motifs is 2. The van der Waals surface area contributed by atoms with E-state index in [1.165, 1.54) is 18.2 Å². The summed E-state index contributed by atoms with van der Waals surface area (Å²) in [6.45, 7) is 5.99. The van der Waals surface area contributed by atoms with Gasteiger partial charge in [0.15, 0.2) is 34.1 Å². The van der Waals surface area contributed by atoms with E-state index in [1.807, 2.05) is 6.92 Å². The molecule has 5 aliphatic rings. The molecule has 2 aromatic carbocycles. The highest BCUT2D eigenvalue weighted by Crippen LogP contribution is 2.60. The topological polar surface area (TPSA) is 126 Å². The quantitative estimate of drug-likeness (QED) is 0.253. The molecule has 1 N–H and O–H groups in total. The Morgan fingerprint density at radius 2 is 1.73 bits per heavy atom. The normalized spacial score (nSPS) is 34.6. The third kappa shape index (κ3) is 5.83. The number of sulfone groups is 1. The first-order valence-electron chi connectivity index (χ1n) is 15.1. The number of hydrogen-bond acceptors (Lipinski definition) is 9. The van der Waals surface area contributed by atoms with E-state index in [4.69, 9.17) is 24.0 Å². The Morgan fingerprint density at radius 3 is 2.43 bits per heavy atom. The summed E-state index contributed by atoms with van der Waals surface area (Å²) in [5, 5.41) is 2.99. The van der Waals surface area contributed by atoms with Crippen LogP contribution in [0.5, 0.6) is 5.75 Å². The van der Waals surface area contributed by atoms with Crippen LogP contribution >= 0.6 is 0 Å². The molecule has 0 aromatic heterocycles. The number of benzene rings is 2. The summed E-state index contributed by atoms with van der Waals surface area (Å²) in [5.41, 5.74) is 0.457. The highest BCUT2D eigenvalue weighted by atomic mass is 32.2. The van der Waals surface area contributed by atoms with Crippen LogP contribution in [0.1, 0.15) is 62.4 Å². The van der Waals surface area contributed by atoms with Crippen molar-refractivity contribution in [3.63, 3.8) is 0 Å². The van der Waals surface area contributed by atoms with Gasteiger partial charge in [0.05, 0.1) is 4.90 Å². The van der Waals surface area contributed by atoms with Crippen LogP contribution in [0.4, 0.5) is 0 Å². The van der Waals surface area contributed by atoms with E-state index in [0.717, 1.165) is 31.9 Å². The number of amides is 1. The van der Waals surface area contributed by atoms with Gasteiger partial charge >= 0.3 is 0 Å². The Morgan fingerprint density at radius 1 is 1.00 bits per heavy atom. The van der Waals surface area contributed by atoms with Gasteiger partial charge in [0, 0.05) is 30.1 Å². The zero-order valence-corrected chi connectivity index (χ0v) is 26.2. The second-order valence-electron chi connectivity index (χ2n) is 12.7. The molecule has 1 amide bonds. The molecule has 5 fully saturated rings. The zero-order chi connectivity index (χ0) is 31.3. The maximum absolute atomic E-state index is 13.0. The summed E-state index contributed by atoms with van der Waals surface area (Å²) in [5.74, 6) is -0.221. The van der Waals surface area contributed by atoms with E-state index in [2.05, 4.69) is 19.2 Å². The third-order valence-corrected chi connectivity index (χ3v) is 10.8. The van der Waals surface area contributed by atoms with Crippen molar-refractivity contribution in [3.05, 3.63) is 65.7 Å². The van der Waals surface area contributed by atoms with Crippen LogP contribution in [0.3, 0.4) is 0 Å². The van der Waals surface area contributed by atoms with Crippen molar-refractivity contribution in [2.24, 2.45) is 23.7 Å². The average molecular weight is 626 g/mol. The number of rotatable bonds is 8. The number of ether oxygens (including phenoxy) is 3. The predicted molar refractivity (Wildman–Crippen MR) is 160 cm³/mol. The average Bonchev–Trinajstić information content (AvgIpc) is 3.23. The Kier molecular flexibility index (Phi) is 8.21. The minimum atomic E-state index is -3.28. The lowest BCUT2D eigenvalue weighted by atomic mass is 9.58. The van der Waals surface area contributed by atoms with Gasteiger partial charge in [0.2, 0.25) is 5.79 Å². The number of ketones is 1. The molecule has 4 aliphatic heterocycles. The lowest BCUT2D eigenvalue weighted by Gasteiger charge is -2.60. The molecule has 1 aliphatic carbocycles. The monoisotopic (exact) mass is 625 g/mol. The molecule has 44 heavy (non-hydrogen) atoms. The van der Waals surface area contributed by atoms with Gasteiger partial charge in [-0.1, -0.05) is 32.1 Å². The van der Waals surface area contributed by atoms with Gasteiger partial charge in [0.1, 0.15) is 12.0 Å². The van der Waals surface area contributed by atoms with Gasteiger partial charge in [-0.15, -0.1) is 0 Å². The van der Waals surface area contributed by atoms with E-state index in [9.17, 15) is 18.0 Å². The first kappa shape index (κ1) is 30.9. The Bertz CT molecular complexity index is 1540. The lowest BCUT2D eigenvalue weighted by Crippen LogP contribution is -2.72. The lowest BCUT2D eigenvalue weighted by molar-refractivity contribution is -0.571. The van der Waals surface area contributed by atoms with Crippen molar-refractivity contribution in [2.75, 3.05) is 12.9 Å². The Labute approximate surface area is 257 Å². The molecule has 2 aromatic rings. The number of nitrogens with one attached hydrogen (secondary N) is 1. The second kappa shape index (κ2) is 11.7. The predicted octanol–water partition coefficient (Wildman–Crippen LogP) is 4.69. The molecule has 4 saturated heterocycles. The molecule has 1 spiro atoms. The Balaban J connectivity index is 1.04. The van der Waals surface area contributed by atoms with Crippen molar-refractivity contribution in [1.29, 1.82) is 0 Å². The van der Waals surface area contributed by atoms with Crippen LogP contribution in [-0.4, -0.2) is 56.9 Å². The molecule has 10 nitrogen and oxygen atoms in total. The number of carbonyl (C=O) groups is 2. The minimum Gasteiger partial charge on any atom is -0.484 e. The summed E-state index contributed by atoms with van der Waals surface area (Å²) in [4.78, 5) is 37.8. The molecule has 236 valence electrons. The summed E-state index contributed by atoms with van der Waals surface area (Å²) in [7, 11) is -3.28. The third-order valence-electron chi connectivity index (χ3n) is 9.71. The van der Waals surface area contributed by atoms with Crippen molar-refractivity contribution < 1.29 is 42.0 Å². The molecule has 7 rings (SSSR count). The number of hydrogen-bond donors (Lipinski definition) is 1. The first-order chi connectivity index (χ1) is 20.9. The highest BCUT2D eigenvalue weighted by Gasteiger charge is 2.69. The fourth-order valence-electron chi connectivity index (χ4n) is 7.23. The molecular formula is C33H39NO9S. The van der Waals surface area contributed by atoms with Crippen LogP contribution in [0, 0.1) is 23.7 Å². The zero-order valence-electron chi connectivity index (χ0n) is 25.4. The number of allylic oxidation sites excluding steroid dienone is 1. The minimum absolute atomic E-state index is 0.0316. The number of carbonyl (C=O) groups excluding carboxylic acids is 2. The summed E-state index contributed by atoms with van der Waals surface area (Å²) >= 11 is 0. The van der Waals surface area contributed by atoms with Crippen LogP contribution in [0.15, 0.2) is 59.5 Å². The molecular weight excluding hydrogens is 586 g/mol. The summed E-state index contributed by atoms with van der Waals surface area (Å²) in [6, 6.07) is 12.8. The summed E-state index contributed by atoms with van der Waals surface area (Å²) < 4.78 is 41.7. The smallest absolute Gasteiger partial charge is 0.259 e. The van der Waals surface area contributed by atoms with E-state index < -0.39 is 33.7 Å². The van der Waals surface area contributed by atoms with E-state index >= 15 is 0 Å². The first-order valence-corrected chi connectivity index (χ1v) is 17.0. The van der Waals surface area contributed by atoms with Crippen molar-refractivity contribution in [2.45, 2.75) is 75.3 Å². The molecule has 0 unspecified atom stereocenters. The van der Waals surface area contributed by atoms with E-state index in [0.29, 0.717) is 22.8 Å². The summed E-state index contributed by atoms with van der Waals surface area (Å²) in [6.07, 6.45) is 6.64. The van der Waals surface area contributed by atoms with Gasteiger partial charge in [-0.05, 0) is 86.1 Å². The largest absolute Gasteiger partial charge is 0.484 e. The van der Waals surface area contributed by atoms with Crippen molar-refractivity contribution in [3.8, 4) is 5.75 Å². The van der Waals surface area contributed by atoms with Gasteiger partial charge in [-0.25, -0.2) is 18.2 Å². The fraction of sp³-hybridized carbons (Fsp3) is 0.515. The molecule has 4 heterocycles. The maximum Gasteiger partial charge on any atom is 0.259 e. The molecule has 0 radical (unpaired) electrons. The van der Waals surface area contributed by atoms with Crippen LogP contribution in [-0.2, 0) is 33.9 Å². The van der Waals surface area contributed by atoms with Crippen LogP contribution < -0.4 is 10.1 Å². The molecule has 1 saturated carbocycles. The maximum atomic E-state index is 13.0. The Hall–Kier alpha value is -3.09.